The van der Waals surface area contributed by atoms with Crippen LogP contribution in [0.15, 0.2) is 6.20 Å². The summed E-state index contributed by atoms with van der Waals surface area (Å²) in [5, 5.41) is 7.09. The fourth-order valence-electron chi connectivity index (χ4n) is 2.00. The maximum Gasteiger partial charge on any atom is 0.0534 e. The summed E-state index contributed by atoms with van der Waals surface area (Å²) < 4.78 is 0. The number of hydrogen-bond donors (Lipinski definition) is 1. The average molecular weight is 185 g/mol. The molecule has 0 radical (unpaired) electrons. The SMILES string of the molecule is ClCc1cn[nH]c1C1CCCC1. The number of hydrogen-bond acceptors (Lipinski definition) is 1. The number of nitrogens with one attached hydrogen (secondary N) is 1. The Morgan fingerprint density at radius 2 is 2.25 bits per heavy atom. The van der Waals surface area contributed by atoms with E-state index in [2.05, 4.69) is 10.2 Å². The lowest BCUT2D eigenvalue weighted by atomic mass is 10.0. The van der Waals surface area contributed by atoms with Crippen molar-refractivity contribution < 1.29 is 0 Å². The Bertz CT molecular complexity index is 251. The standard InChI is InChI=1S/C9H13ClN2/c10-5-8-6-11-12-9(8)7-3-1-2-4-7/h6-7H,1-5H2,(H,11,12). The Kier molecular flexibility index (Phi) is 2.35. The molecule has 1 N–H and O–H groups in total. The molecule has 1 saturated carbocycles. The molecule has 2 nitrogen and oxygen atoms in total. The van der Waals surface area contributed by atoms with Crippen molar-refractivity contribution in [2.45, 2.75) is 37.5 Å². The minimum Gasteiger partial charge on any atom is -0.282 e. The monoisotopic (exact) mass is 184 g/mol. The molecule has 1 aliphatic carbocycles. The quantitative estimate of drug-likeness (QED) is 0.704. The van der Waals surface area contributed by atoms with E-state index in [1.165, 1.54) is 36.9 Å². The van der Waals surface area contributed by atoms with E-state index >= 15 is 0 Å². The summed E-state index contributed by atoms with van der Waals surface area (Å²) in [4.78, 5) is 0. The van der Waals surface area contributed by atoms with Crippen molar-refractivity contribution >= 4 is 11.6 Å². The summed E-state index contributed by atoms with van der Waals surface area (Å²) in [6, 6.07) is 0. The van der Waals surface area contributed by atoms with Crippen LogP contribution >= 0.6 is 11.6 Å². The number of nitrogens with zero attached hydrogens (tertiary/aromatic N) is 1. The number of H-pyrrole nitrogens is 1. The molecule has 0 bridgehead atoms. The molecule has 0 aromatic carbocycles. The van der Waals surface area contributed by atoms with Crippen LogP contribution in [0, 0.1) is 0 Å². The lowest BCUT2D eigenvalue weighted by molar-refractivity contribution is 0.688. The molecule has 0 aliphatic heterocycles. The molecular formula is C9H13ClN2. The molecular weight excluding hydrogens is 172 g/mol. The second-order valence-corrected chi connectivity index (χ2v) is 3.69. The van der Waals surface area contributed by atoms with Gasteiger partial charge in [0.05, 0.1) is 12.1 Å². The van der Waals surface area contributed by atoms with Crippen LogP contribution in [0.1, 0.15) is 42.9 Å². The first-order valence-electron chi connectivity index (χ1n) is 4.50. The van der Waals surface area contributed by atoms with Gasteiger partial charge in [-0.15, -0.1) is 11.6 Å². The van der Waals surface area contributed by atoms with Crippen LogP contribution < -0.4 is 0 Å². The first kappa shape index (κ1) is 8.11. The maximum atomic E-state index is 5.79. The van der Waals surface area contributed by atoms with Crippen LogP contribution in [0.25, 0.3) is 0 Å². The molecule has 1 aromatic heterocycles. The molecule has 1 heterocycles. The van der Waals surface area contributed by atoms with Gasteiger partial charge in [0.15, 0.2) is 0 Å². The summed E-state index contributed by atoms with van der Waals surface area (Å²) >= 11 is 5.79. The van der Waals surface area contributed by atoms with Gasteiger partial charge < -0.3 is 0 Å². The van der Waals surface area contributed by atoms with Gasteiger partial charge in [-0.1, -0.05) is 12.8 Å². The van der Waals surface area contributed by atoms with E-state index < -0.39 is 0 Å². The van der Waals surface area contributed by atoms with Crippen molar-refractivity contribution in [3.63, 3.8) is 0 Å². The summed E-state index contributed by atoms with van der Waals surface area (Å²) in [5.74, 6) is 1.28. The predicted molar refractivity (Wildman–Crippen MR) is 49.4 cm³/mol. The smallest absolute Gasteiger partial charge is 0.0534 e. The third-order valence-electron chi connectivity index (χ3n) is 2.66. The Labute approximate surface area is 77.3 Å². The molecule has 0 spiro atoms. The van der Waals surface area contributed by atoms with Gasteiger partial charge in [-0.05, 0) is 12.8 Å². The van der Waals surface area contributed by atoms with Gasteiger partial charge >= 0.3 is 0 Å². The molecule has 1 fully saturated rings. The molecule has 0 atom stereocenters. The van der Waals surface area contributed by atoms with E-state index in [1.807, 2.05) is 6.20 Å². The maximum absolute atomic E-state index is 5.79. The van der Waals surface area contributed by atoms with Crippen LogP contribution in [-0.2, 0) is 5.88 Å². The van der Waals surface area contributed by atoms with Gasteiger partial charge in [0, 0.05) is 17.2 Å². The van der Waals surface area contributed by atoms with Gasteiger partial charge in [0.2, 0.25) is 0 Å². The third-order valence-corrected chi connectivity index (χ3v) is 2.95. The summed E-state index contributed by atoms with van der Waals surface area (Å²) in [7, 11) is 0. The van der Waals surface area contributed by atoms with Gasteiger partial charge in [-0.25, -0.2) is 0 Å². The number of halogens is 1. The highest BCUT2D eigenvalue weighted by Crippen LogP contribution is 2.34. The van der Waals surface area contributed by atoms with E-state index in [9.17, 15) is 0 Å². The predicted octanol–water partition coefficient (Wildman–Crippen LogP) is 2.81. The zero-order valence-corrected chi connectivity index (χ0v) is 7.77. The zero-order valence-electron chi connectivity index (χ0n) is 7.02. The van der Waals surface area contributed by atoms with Crippen LogP contribution in [-0.4, -0.2) is 10.2 Å². The van der Waals surface area contributed by atoms with Crippen LogP contribution in [0.2, 0.25) is 0 Å². The molecule has 0 amide bonds. The second kappa shape index (κ2) is 3.48. The van der Waals surface area contributed by atoms with Crippen molar-refractivity contribution in [3.05, 3.63) is 17.5 Å². The highest BCUT2D eigenvalue weighted by molar-refractivity contribution is 6.17. The minimum absolute atomic E-state index is 0.586. The Balaban J connectivity index is 2.19. The number of aromatic amines is 1. The number of aromatic nitrogens is 2. The van der Waals surface area contributed by atoms with E-state index in [0.29, 0.717) is 11.8 Å². The lowest BCUT2D eigenvalue weighted by Gasteiger charge is -2.07. The van der Waals surface area contributed by atoms with Crippen LogP contribution in [0.4, 0.5) is 0 Å². The van der Waals surface area contributed by atoms with Crippen molar-refractivity contribution in [2.24, 2.45) is 0 Å². The zero-order chi connectivity index (χ0) is 8.39. The number of alkyl halides is 1. The van der Waals surface area contributed by atoms with Gasteiger partial charge in [0.1, 0.15) is 0 Å². The summed E-state index contributed by atoms with van der Waals surface area (Å²) in [6.45, 7) is 0. The van der Waals surface area contributed by atoms with Crippen molar-refractivity contribution in [2.75, 3.05) is 0 Å². The van der Waals surface area contributed by atoms with Crippen LogP contribution in [0.5, 0.6) is 0 Å². The van der Waals surface area contributed by atoms with E-state index in [4.69, 9.17) is 11.6 Å². The Hall–Kier alpha value is -0.500. The molecule has 1 aliphatic rings. The van der Waals surface area contributed by atoms with E-state index in [1.54, 1.807) is 0 Å². The van der Waals surface area contributed by atoms with Crippen molar-refractivity contribution in [1.82, 2.24) is 10.2 Å². The molecule has 2 rings (SSSR count). The average Bonchev–Trinajstić information content (AvgIpc) is 2.74. The Morgan fingerprint density at radius 3 is 2.92 bits per heavy atom. The second-order valence-electron chi connectivity index (χ2n) is 3.42. The molecule has 0 saturated heterocycles. The highest BCUT2D eigenvalue weighted by Gasteiger charge is 2.20. The normalized spacial score (nSPS) is 18.8. The van der Waals surface area contributed by atoms with Crippen LogP contribution in [0.3, 0.4) is 0 Å². The fourth-order valence-corrected chi connectivity index (χ4v) is 2.21. The summed E-state index contributed by atoms with van der Waals surface area (Å²) in [5.41, 5.74) is 2.46. The molecule has 66 valence electrons. The lowest BCUT2D eigenvalue weighted by Crippen LogP contribution is -1.96. The number of rotatable bonds is 2. The van der Waals surface area contributed by atoms with Gasteiger partial charge in [-0.2, -0.15) is 5.10 Å². The largest absolute Gasteiger partial charge is 0.282 e. The first-order valence-corrected chi connectivity index (χ1v) is 5.03. The third kappa shape index (κ3) is 1.36. The van der Waals surface area contributed by atoms with Gasteiger partial charge in [0.25, 0.3) is 0 Å². The van der Waals surface area contributed by atoms with Gasteiger partial charge in [-0.3, -0.25) is 5.10 Å². The fraction of sp³-hybridized carbons (Fsp3) is 0.667. The summed E-state index contributed by atoms with van der Waals surface area (Å²) in [6.07, 6.45) is 7.15. The first-order chi connectivity index (χ1) is 5.92. The Morgan fingerprint density at radius 1 is 1.50 bits per heavy atom. The minimum atomic E-state index is 0.586. The molecule has 1 aromatic rings. The van der Waals surface area contributed by atoms with Crippen molar-refractivity contribution in [3.8, 4) is 0 Å². The van der Waals surface area contributed by atoms with E-state index in [-0.39, 0.29) is 0 Å². The molecule has 12 heavy (non-hydrogen) atoms. The molecule has 3 heteroatoms. The van der Waals surface area contributed by atoms with Crippen molar-refractivity contribution in [1.29, 1.82) is 0 Å². The topological polar surface area (TPSA) is 28.7 Å². The van der Waals surface area contributed by atoms with E-state index in [0.717, 1.165) is 0 Å². The highest BCUT2D eigenvalue weighted by atomic mass is 35.5. The molecule has 0 unspecified atom stereocenters.